The van der Waals surface area contributed by atoms with Gasteiger partial charge in [-0.3, -0.25) is 0 Å². The Morgan fingerprint density at radius 2 is 2.41 bits per heavy atom. The Labute approximate surface area is 99.0 Å². The molecule has 0 unspecified atom stereocenters. The molecule has 1 aromatic rings. The van der Waals surface area contributed by atoms with Crippen molar-refractivity contribution in [3.8, 4) is 5.75 Å². The lowest BCUT2D eigenvalue weighted by Gasteiger charge is -2.25. The molecule has 0 amide bonds. The van der Waals surface area contributed by atoms with E-state index in [0.717, 1.165) is 5.56 Å². The van der Waals surface area contributed by atoms with Crippen LogP contribution in [0.2, 0.25) is 0 Å². The number of aliphatic hydroxyl groups excluding tert-OH is 1. The van der Waals surface area contributed by atoms with E-state index in [0.29, 0.717) is 31.0 Å². The lowest BCUT2D eigenvalue weighted by molar-refractivity contribution is -0.00897. The van der Waals surface area contributed by atoms with Crippen LogP contribution in [0.3, 0.4) is 0 Å². The molecule has 0 saturated carbocycles. The Bertz CT molecular complexity index is 449. The first-order chi connectivity index (χ1) is 8.10. The third kappa shape index (κ3) is 2.68. The van der Waals surface area contributed by atoms with Crippen LogP contribution in [0.5, 0.6) is 5.75 Å². The second kappa shape index (κ2) is 4.89. The molecule has 0 spiro atoms. The van der Waals surface area contributed by atoms with E-state index in [1.54, 1.807) is 6.92 Å². The van der Waals surface area contributed by atoms with E-state index in [4.69, 9.17) is 13.9 Å². The van der Waals surface area contributed by atoms with Crippen LogP contribution in [0.1, 0.15) is 24.7 Å². The molecule has 2 atom stereocenters. The van der Waals surface area contributed by atoms with E-state index in [2.05, 4.69) is 0 Å². The molecule has 1 aliphatic rings. The van der Waals surface area contributed by atoms with Gasteiger partial charge in [0.2, 0.25) is 0 Å². The standard InChI is InChI=1S/C12H16O5/c1-7(13)3-8-4-11-9(6-16-8)10(15-2)5-12(14)17-11/h5,7-8,13H,3-4,6H2,1-2H3/t7-,8+/m1/s1. The van der Waals surface area contributed by atoms with E-state index >= 15 is 0 Å². The fourth-order valence-electron chi connectivity index (χ4n) is 2.04. The molecule has 94 valence electrons. The van der Waals surface area contributed by atoms with Crippen molar-refractivity contribution < 1.29 is 19.0 Å². The molecule has 5 nitrogen and oxygen atoms in total. The van der Waals surface area contributed by atoms with Gasteiger partial charge in [-0.05, 0) is 13.3 Å². The van der Waals surface area contributed by atoms with Crippen LogP contribution >= 0.6 is 0 Å². The van der Waals surface area contributed by atoms with Gasteiger partial charge < -0.3 is 19.0 Å². The third-order valence-electron chi connectivity index (χ3n) is 2.81. The second-order valence-electron chi connectivity index (χ2n) is 4.26. The van der Waals surface area contributed by atoms with Crippen molar-refractivity contribution in [2.24, 2.45) is 0 Å². The van der Waals surface area contributed by atoms with Gasteiger partial charge in [-0.25, -0.2) is 4.79 Å². The molecule has 0 aromatic carbocycles. The van der Waals surface area contributed by atoms with Crippen molar-refractivity contribution in [2.45, 2.75) is 38.6 Å². The van der Waals surface area contributed by atoms with Crippen LogP contribution in [0.4, 0.5) is 0 Å². The zero-order chi connectivity index (χ0) is 12.4. The number of methoxy groups -OCH3 is 1. The minimum atomic E-state index is -0.432. The SMILES string of the molecule is COc1cc(=O)oc2c1CO[C@@H](C[C@@H](C)O)C2. The highest BCUT2D eigenvalue weighted by Crippen LogP contribution is 2.28. The van der Waals surface area contributed by atoms with Crippen molar-refractivity contribution in [3.63, 3.8) is 0 Å². The van der Waals surface area contributed by atoms with Gasteiger partial charge in [0.1, 0.15) is 11.5 Å². The number of aliphatic hydroxyl groups is 1. The molecule has 1 N–H and O–H groups in total. The number of rotatable bonds is 3. The van der Waals surface area contributed by atoms with Crippen molar-refractivity contribution in [3.05, 3.63) is 27.8 Å². The summed E-state index contributed by atoms with van der Waals surface area (Å²) in [4.78, 5) is 11.3. The minimum Gasteiger partial charge on any atom is -0.496 e. The van der Waals surface area contributed by atoms with Crippen molar-refractivity contribution in [1.29, 1.82) is 0 Å². The Hall–Kier alpha value is -1.33. The summed E-state index contributed by atoms with van der Waals surface area (Å²) in [5.41, 5.74) is 0.368. The minimum absolute atomic E-state index is 0.113. The normalized spacial score (nSPS) is 20.8. The first-order valence-electron chi connectivity index (χ1n) is 5.59. The average Bonchev–Trinajstić information content (AvgIpc) is 2.26. The van der Waals surface area contributed by atoms with Crippen LogP contribution < -0.4 is 10.4 Å². The molecule has 2 rings (SSSR count). The van der Waals surface area contributed by atoms with Crippen LogP contribution in [0, 0.1) is 0 Å². The molecular formula is C12H16O5. The van der Waals surface area contributed by atoms with E-state index < -0.39 is 11.7 Å². The van der Waals surface area contributed by atoms with Crippen LogP contribution in [0.25, 0.3) is 0 Å². The number of fused-ring (bicyclic) bond motifs is 1. The van der Waals surface area contributed by atoms with Crippen LogP contribution in [-0.2, 0) is 17.8 Å². The van der Waals surface area contributed by atoms with Gasteiger partial charge in [0.25, 0.3) is 0 Å². The molecule has 2 heterocycles. The monoisotopic (exact) mass is 240 g/mol. The van der Waals surface area contributed by atoms with Gasteiger partial charge in [0, 0.05) is 6.42 Å². The summed E-state index contributed by atoms with van der Waals surface area (Å²) in [5.74, 6) is 1.11. The molecule has 0 fully saturated rings. The van der Waals surface area contributed by atoms with E-state index in [1.165, 1.54) is 13.2 Å². The fraction of sp³-hybridized carbons (Fsp3) is 0.583. The summed E-state index contributed by atoms with van der Waals surface area (Å²) in [7, 11) is 1.51. The summed E-state index contributed by atoms with van der Waals surface area (Å²) >= 11 is 0. The molecule has 17 heavy (non-hydrogen) atoms. The maximum Gasteiger partial charge on any atom is 0.339 e. The quantitative estimate of drug-likeness (QED) is 0.848. The van der Waals surface area contributed by atoms with Gasteiger partial charge in [0.15, 0.2) is 0 Å². The lowest BCUT2D eigenvalue weighted by Crippen LogP contribution is -2.27. The smallest absolute Gasteiger partial charge is 0.339 e. The Morgan fingerprint density at radius 3 is 3.06 bits per heavy atom. The molecule has 0 bridgehead atoms. The predicted molar refractivity (Wildman–Crippen MR) is 60.1 cm³/mol. The Balaban J connectivity index is 2.26. The zero-order valence-electron chi connectivity index (χ0n) is 9.93. The Morgan fingerprint density at radius 1 is 1.65 bits per heavy atom. The summed E-state index contributed by atoms with van der Waals surface area (Å²) < 4.78 is 15.9. The second-order valence-corrected chi connectivity index (χ2v) is 4.26. The Kier molecular flexibility index (Phi) is 3.49. The summed E-state index contributed by atoms with van der Waals surface area (Å²) in [5, 5.41) is 9.31. The van der Waals surface area contributed by atoms with E-state index in [9.17, 15) is 9.90 Å². The van der Waals surface area contributed by atoms with E-state index in [1.807, 2.05) is 0 Å². The van der Waals surface area contributed by atoms with Gasteiger partial charge in [-0.15, -0.1) is 0 Å². The van der Waals surface area contributed by atoms with Crippen molar-refractivity contribution in [1.82, 2.24) is 0 Å². The van der Waals surface area contributed by atoms with Crippen LogP contribution in [0.15, 0.2) is 15.3 Å². The van der Waals surface area contributed by atoms with Gasteiger partial charge >= 0.3 is 5.63 Å². The first-order valence-corrected chi connectivity index (χ1v) is 5.59. The van der Waals surface area contributed by atoms with Crippen molar-refractivity contribution in [2.75, 3.05) is 7.11 Å². The molecule has 0 radical (unpaired) electrons. The molecule has 0 aliphatic carbocycles. The summed E-state index contributed by atoms with van der Waals surface area (Å²) in [6, 6.07) is 1.32. The van der Waals surface area contributed by atoms with E-state index in [-0.39, 0.29) is 6.10 Å². The number of ether oxygens (including phenoxy) is 2. The summed E-state index contributed by atoms with van der Waals surface area (Å²) in [6.45, 7) is 2.06. The predicted octanol–water partition coefficient (Wildman–Crippen LogP) is 0.861. The number of hydrogen-bond donors (Lipinski definition) is 1. The highest BCUT2D eigenvalue weighted by molar-refractivity contribution is 5.34. The summed E-state index contributed by atoms with van der Waals surface area (Å²) in [6.07, 6.45) is 0.476. The lowest BCUT2D eigenvalue weighted by atomic mass is 10.0. The highest BCUT2D eigenvalue weighted by atomic mass is 16.5. The topological polar surface area (TPSA) is 68.9 Å². The molecule has 1 aromatic heterocycles. The third-order valence-corrected chi connectivity index (χ3v) is 2.81. The number of hydrogen-bond acceptors (Lipinski definition) is 5. The van der Waals surface area contributed by atoms with Gasteiger partial charge in [-0.2, -0.15) is 0 Å². The first kappa shape index (κ1) is 12.1. The largest absolute Gasteiger partial charge is 0.496 e. The van der Waals surface area contributed by atoms with Gasteiger partial charge in [-0.1, -0.05) is 0 Å². The maximum absolute atomic E-state index is 11.3. The van der Waals surface area contributed by atoms with Gasteiger partial charge in [0.05, 0.1) is 37.6 Å². The molecular weight excluding hydrogens is 224 g/mol. The van der Waals surface area contributed by atoms with Crippen molar-refractivity contribution >= 4 is 0 Å². The fourth-order valence-corrected chi connectivity index (χ4v) is 2.04. The average molecular weight is 240 g/mol. The molecule has 0 saturated heterocycles. The zero-order valence-corrected chi connectivity index (χ0v) is 9.93. The molecule has 5 heteroatoms. The maximum atomic E-state index is 11.3. The highest BCUT2D eigenvalue weighted by Gasteiger charge is 2.25. The molecule has 1 aliphatic heterocycles. The van der Waals surface area contributed by atoms with Crippen LogP contribution in [-0.4, -0.2) is 24.4 Å².